The number of alkyl halides is 1. The fourth-order valence-corrected chi connectivity index (χ4v) is 3.91. The van der Waals surface area contributed by atoms with Crippen molar-refractivity contribution >= 4 is 45.1 Å². The van der Waals surface area contributed by atoms with Crippen molar-refractivity contribution < 1.29 is 16.9 Å². The molecule has 2 aliphatic rings. The summed E-state index contributed by atoms with van der Waals surface area (Å²) in [5.41, 5.74) is 3.09. The summed E-state index contributed by atoms with van der Waals surface area (Å²) in [5, 5.41) is 4.65. The second kappa shape index (κ2) is 6.89. The zero-order valence-corrected chi connectivity index (χ0v) is 16.3. The Morgan fingerprint density at radius 2 is 2.20 bits per heavy atom. The van der Waals surface area contributed by atoms with Crippen molar-refractivity contribution in [1.82, 2.24) is 4.90 Å². The van der Waals surface area contributed by atoms with Crippen LogP contribution in [-0.4, -0.2) is 41.4 Å². The molecule has 0 saturated carbocycles. The lowest BCUT2D eigenvalue weighted by Crippen LogP contribution is -3.00. The lowest BCUT2D eigenvalue weighted by molar-refractivity contribution is -0.832. The number of nitrogens with zero attached hydrogens (tertiary/aromatic N) is 3. The van der Waals surface area contributed by atoms with Crippen LogP contribution in [-0.2, 0) is 0 Å². The van der Waals surface area contributed by atoms with Crippen molar-refractivity contribution in [2.45, 2.75) is 6.92 Å². The minimum absolute atomic E-state index is 0. The van der Waals surface area contributed by atoms with Crippen molar-refractivity contribution in [2.24, 2.45) is 4.99 Å². The number of likely N-dealkylation sites (N-methyl/N-ethyl adjacent to an activating group) is 1. The molecule has 0 radical (unpaired) electrons. The van der Waals surface area contributed by atoms with Gasteiger partial charge in [-0.05, 0) is 25.1 Å². The number of aliphatic imine (C=N–C) groups is 1. The standard InChI is InChI=1S/C18H18ClN4S.ClH/c1-13-11-14-17(22-7-9-23(2,12-19)10-8-22)20-15-5-3-4-6-16(15)21-18(14)24-13;/h3-6,11,21H,7,9,12H2,1-2H3;1H/q+1;/p-1. The molecule has 0 spiro atoms. The Kier molecular flexibility index (Phi) is 4.99. The second-order valence-electron chi connectivity index (χ2n) is 6.29. The summed E-state index contributed by atoms with van der Waals surface area (Å²) < 4.78 is 0.565. The molecule has 2 aromatic rings. The van der Waals surface area contributed by atoms with Crippen molar-refractivity contribution in [2.75, 3.05) is 31.5 Å². The van der Waals surface area contributed by atoms with Crippen molar-refractivity contribution in [3.63, 3.8) is 0 Å². The number of anilines is 2. The van der Waals surface area contributed by atoms with Crippen LogP contribution < -0.4 is 17.7 Å². The molecule has 1 N–H and O–H groups in total. The number of hydrogen-bond donors (Lipinski definition) is 1. The Bertz CT molecular complexity index is 896. The van der Waals surface area contributed by atoms with Gasteiger partial charge in [-0.1, -0.05) is 23.7 Å². The number of fused-ring (bicyclic) bond motifs is 2. The Hall–Kier alpha value is -1.71. The van der Waals surface area contributed by atoms with Gasteiger partial charge >= 0.3 is 0 Å². The highest BCUT2D eigenvalue weighted by molar-refractivity contribution is 7.16. The molecular weight excluding hydrogens is 375 g/mol. The Labute approximate surface area is 163 Å². The highest BCUT2D eigenvalue weighted by atomic mass is 35.5. The van der Waals surface area contributed by atoms with E-state index < -0.39 is 0 Å². The van der Waals surface area contributed by atoms with Gasteiger partial charge in [0.25, 0.3) is 0 Å². The average Bonchev–Trinajstić information content (AvgIpc) is 2.88. The number of amidine groups is 1. The van der Waals surface area contributed by atoms with Gasteiger partial charge in [0.1, 0.15) is 11.5 Å². The molecule has 0 bridgehead atoms. The van der Waals surface area contributed by atoms with E-state index in [0.29, 0.717) is 10.5 Å². The van der Waals surface area contributed by atoms with Gasteiger partial charge in [0.05, 0.1) is 36.6 Å². The zero-order valence-electron chi connectivity index (χ0n) is 14.0. The molecule has 4 nitrogen and oxygen atoms in total. The smallest absolute Gasteiger partial charge is 0.166 e. The van der Waals surface area contributed by atoms with Gasteiger partial charge in [0, 0.05) is 4.88 Å². The van der Waals surface area contributed by atoms with Crippen LogP contribution in [0.5, 0.6) is 0 Å². The molecule has 0 fully saturated rings. The first-order chi connectivity index (χ1) is 11.6. The van der Waals surface area contributed by atoms with Gasteiger partial charge < -0.3 is 17.7 Å². The lowest BCUT2D eigenvalue weighted by Gasteiger charge is -2.30. The Morgan fingerprint density at radius 1 is 1.40 bits per heavy atom. The van der Waals surface area contributed by atoms with Crippen LogP contribution in [0.1, 0.15) is 10.4 Å². The van der Waals surface area contributed by atoms with E-state index in [9.17, 15) is 0 Å². The van der Waals surface area contributed by atoms with Crippen LogP contribution in [0.15, 0.2) is 35.3 Å². The number of thiophene rings is 1. The summed E-state index contributed by atoms with van der Waals surface area (Å²) >= 11 is 7.79. The molecule has 3 heterocycles. The third-order valence-electron chi connectivity index (χ3n) is 4.27. The summed E-state index contributed by atoms with van der Waals surface area (Å²) in [4.78, 5) is 8.25. The summed E-state index contributed by atoms with van der Waals surface area (Å²) in [5.74, 6) is 0.917. The first-order valence-electron chi connectivity index (χ1n) is 7.84. The minimum Gasteiger partial charge on any atom is -1.00 e. The molecule has 1 atom stereocenters. The van der Waals surface area contributed by atoms with Crippen LogP contribution in [0.25, 0.3) is 0 Å². The van der Waals surface area contributed by atoms with Crippen LogP contribution in [0, 0.1) is 19.0 Å². The second-order valence-corrected chi connectivity index (χ2v) is 7.79. The van der Waals surface area contributed by atoms with E-state index in [1.165, 1.54) is 4.88 Å². The minimum atomic E-state index is 0. The van der Waals surface area contributed by atoms with Crippen LogP contribution in [0.2, 0.25) is 0 Å². The van der Waals surface area contributed by atoms with Gasteiger partial charge in [-0.3, -0.25) is 4.90 Å². The number of hydrogen-bond acceptors (Lipinski definition) is 4. The predicted octanol–water partition coefficient (Wildman–Crippen LogP) is 1.07. The molecule has 1 unspecified atom stereocenters. The van der Waals surface area contributed by atoms with Gasteiger partial charge in [0.15, 0.2) is 17.9 Å². The fraction of sp³-hybridized carbons (Fsp3) is 0.278. The summed E-state index contributed by atoms with van der Waals surface area (Å²) in [7, 11) is 2.06. The van der Waals surface area contributed by atoms with E-state index in [-0.39, 0.29) is 12.4 Å². The Morgan fingerprint density at radius 3 is 2.92 bits per heavy atom. The molecule has 130 valence electrons. The van der Waals surface area contributed by atoms with E-state index in [2.05, 4.69) is 48.4 Å². The molecule has 2 aliphatic heterocycles. The largest absolute Gasteiger partial charge is 1.00 e. The summed E-state index contributed by atoms with van der Waals surface area (Å²) in [6, 6.07) is 17.3. The highest BCUT2D eigenvalue weighted by Crippen LogP contribution is 2.39. The summed E-state index contributed by atoms with van der Waals surface area (Å²) in [6.45, 7) is 3.81. The summed E-state index contributed by atoms with van der Waals surface area (Å²) in [6.07, 6.45) is 0. The number of para-hydroxylation sites is 2. The first kappa shape index (κ1) is 18.1. The number of quaternary nitrogens is 1. The maximum atomic E-state index is 6.05. The molecule has 0 saturated heterocycles. The van der Waals surface area contributed by atoms with E-state index in [1.54, 1.807) is 11.3 Å². The van der Waals surface area contributed by atoms with Gasteiger partial charge in [-0.25, -0.2) is 9.48 Å². The molecule has 0 aliphatic carbocycles. The molecule has 7 heteroatoms. The number of nitrogens with one attached hydrogen (secondary N) is 1. The SMILES string of the molecule is Cc1cc2c(s1)Nc1ccccc1N=C2N1C#C[N+](C)(CCl)CC1.[Cl-]. The van der Waals surface area contributed by atoms with E-state index in [4.69, 9.17) is 16.6 Å². The lowest BCUT2D eigenvalue weighted by atomic mass is 10.2. The van der Waals surface area contributed by atoms with E-state index in [0.717, 1.165) is 40.9 Å². The number of aryl methyl sites for hydroxylation is 1. The van der Waals surface area contributed by atoms with Crippen molar-refractivity contribution in [1.29, 1.82) is 0 Å². The molecule has 4 rings (SSSR count). The molecule has 1 aromatic carbocycles. The monoisotopic (exact) mass is 392 g/mol. The zero-order chi connectivity index (χ0) is 16.7. The fourth-order valence-electron chi connectivity index (χ4n) is 2.81. The number of benzene rings is 1. The predicted molar refractivity (Wildman–Crippen MR) is 101 cm³/mol. The van der Waals surface area contributed by atoms with Crippen LogP contribution >= 0.6 is 22.9 Å². The quantitative estimate of drug-likeness (QED) is 0.340. The maximum Gasteiger partial charge on any atom is 0.166 e. The number of halogens is 2. The molecule has 0 amide bonds. The van der Waals surface area contributed by atoms with Crippen LogP contribution in [0.4, 0.5) is 16.4 Å². The maximum absolute atomic E-state index is 6.05. The van der Waals surface area contributed by atoms with Crippen molar-refractivity contribution in [3.8, 4) is 12.1 Å². The number of rotatable bonds is 1. The highest BCUT2D eigenvalue weighted by Gasteiger charge is 2.29. The normalized spacial score (nSPS) is 20.8. The Balaban J connectivity index is 0.00000182. The van der Waals surface area contributed by atoms with Crippen LogP contribution in [0.3, 0.4) is 0 Å². The topological polar surface area (TPSA) is 27.6 Å². The average molecular weight is 393 g/mol. The van der Waals surface area contributed by atoms with E-state index >= 15 is 0 Å². The third-order valence-corrected chi connectivity index (χ3v) is 5.76. The third kappa shape index (κ3) is 3.36. The van der Waals surface area contributed by atoms with Gasteiger partial charge in [-0.2, -0.15) is 0 Å². The molecular formula is C18H18Cl2N4S. The first-order valence-corrected chi connectivity index (χ1v) is 9.20. The van der Waals surface area contributed by atoms with E-state index in [1.807, 2.05) is 18.2 Å². The van der Waals surface area contributed by atoms with Gasteiger partial charge in [0.2, 0.25) is 0 Å². The molecule has 25 heavy (non-hydrogen) atoms. The van der Waals surface area contributed by atoms with Crippen molar-refractivity contribution in [3.05, 3.63) is 40.8 Å². The van der Waals surface area contributed by atoms with Gasteiger partial charge in [-0.15, -0.1) is 11.3 Å². The molecule has 1 aromatic heterocycles.